The zero-order chi connectivity index (χ0) is 20.9. The maximum absolute atomic E-state index is 4.95. The van der Waals surface area contributed by atoms with Crippen LogP contribution in [-0.4, -0.2) is 25.7 Å². The Hall–Kier alpha value is -3.08. The summed E-state index contributed by atoms with van der Waals surface area (Å²) in [6.45, 7) is 0. The topological polar surface area (TPSA) is 15.6 Å². The molecule has 31 heavy (non-hydrogen) atoms. The largest absolute Gasteiger partial charge is 0.364 e. The second-order valence-electron chi connectivity index (χ2n) is 7.58. The van der Waals surface area contributed by atoms with Gasteiger partial charge in [0.1, 0.15) is 6.17 Å². The minimum atomic E-state index is -2.65. The van der Waals surface area contributed by atoms with E-state index in [2.05, 4.69) is 126 Å². The minimum Gasteiger partial charge on any atom is -0.364 e. The smallest absolute Gasteiger partial charge is 0.254 e. The molecule has 0 aromatic heterocycles. The summed E-state index contributed by atoms with van der Waals surface area (Å²) < 4.78 is 2.64. The molecule has 4 heteroatoms. The summed E-state index contributed by atoms with van der Waals surface area (Å²) in [4.78, 5) is 4.95. The molecule has 1 unspecified atom stereocenters. The van der Waals surface area contributed by atoms with Crippen LogP contribution < -0.4 is 20.1 Å². The number of thioether (sulfide) groups is 1. The number of nitrogens with zero attached hydrogens (tertiary/aromatic N) is 2. The van der Waals surface area contributed by atoms with Gasteiger partial charge in [0.15, 0.2) is 0 Å². The molecule has 0 spiro atoms. The second kappa shape index (κ2) is 8.96. The third-order valence-corrected chi connectivity index (χ3v) is 11.4. The van der Waals surface area contributed by atoms with Crippen LogP contribution in [-0.2, 0) is 0 Å². The Morgan fingerprint density at radius 3 is 1.42 bits per heavy atom. The van der Waals surface area contributed by atoms with Gasteiger partial charge in [-0.2, -0.15) is 0 Å². The fourth-order valence-corrected chi connectivity index (χ4v) is 10.4. The summed E-state index contributed by atoms with van der Waals surface area (Å²) in [5, 5.41) is 4.09. The monoisotopic (exact) mass is 436 g/mol. The zero-order valence-electron chi connectivity index (χ0n) is 17.2. The Bertz CT molecular complexity index is 1040. The highest BCUT2D eigenvalue weighted by Gasteiger charge is 2.49. The van der Waals surface area contributed by atoms with E-state index in [9.17, 15) is 0 Å². The van der Waals surface area contributed by atoms with Gasteiger partial charge in [0.2, 0.25) is 0 Å². The predicted octanol–water partition coefficient (Wildman–Crippen LogP) is 4.26. The van der Waals surface area contributed by atoms with Gasteiger partial charge in [-0.05, 0) is 27.7 Å². The summed E-state index contributed by atoms with van der Waals surface area (Å²) in [7, 11) is -2.65. The van der Waals surface area contributed by atoms with Crippen molar-refractivity contribution in [3.63, 3.8) is 0 Å². The first kappa shape index (κ1) is 19.9. The second-order valence-corrected chi connectivity index (χ2v) is 12.1. The lowest BCUT2D eigenvalue weighted by atomic mass is 10.3. The van der Waals surface area contributed by atoms with Crippen molar-refractivity contribution in [1.29, 1.82) is 0 Å². The molecule has 1 atom stereocenters. The molecule has 0 saturated carbocycles. The normalized spacial score (nSPS) is 15.7. The molecule has 4 aromatic rings. The molecule has 2 nitrogen and oxygen atoms in total. The van der Waals surface area contributed by atoms with Crippen LogP contribution in [0.3, 0.4) is 0 Å². The Balaban J connectivity index is 1.89. The van der Waals surface area contributed by atoms with Crippen molar-refractivity contribution in [3.8, 4) is 0 Å². The SMILES string of the molecule is C1=NC(N(c2ccccc2)[Si](c2ccccc2)(c2ccccc2)c2ccccc2)CS1. The van der Waals surface area contributed by atoms with Gasteiger partial charge in [0.05, 0.1) is 5.55 Å². The Kier molecular flexibility index (Phi) is 5.74. The quantitative estimate of drug-likeness (QED) is 0.331. The zero-order valence-corrected chi connectivity index (χ0v) is 19.0. The molecule has 1 aliphatic rings. The van der Waals surface area contributed by atoms with Crippen molar-refractivity contribution < 1.29 is 0 Å². The minimum absolute atomic E-state index is 0.0830. The average molecular weight is 437 g/mol. The number of para-hydroxylation sites is 1. The van der Waals surface area contributed by atoms with E-state index in [1.165, 1.54) is 21.2 Å². The molecule has 0 fully saturated rings. The highest BCUT2D eigenvalue weighted by atomic mass is 32.2. The summed E-state index contributed by atoms with van der Waals surface area (Å²) in [5.41, 5.74) is 3.23. The Morgan fingerprint density at radius 1 is 0.613 bits per heavy atom. The van der Waals surface area contributed by atoms with Gasteiger partial charge < -0.3 is 4.57 Å². The van der Waals surface area contributed by atoms with Crippen molar-refractivity contribution in [2.24, 2.45) is 4.99 Å². The van der Waals surface area contributed by atoms with Crippen LogP contribution >= 0.6 is 11.8 Å². The lowest BCUT2D eigenvalue weighted by molar-refractivity contribution is 0.804. The van der Waals surface area contributed by atoms with Crippen LogP contribution in [0.15, 0.2) is 126 Å². The van der Waals surface area contributed by atoms with Crippen molar-refractivity contribution in [1.82, 2.24) is 0 Å². The standard InChI is InChI=1S/C27H24N2SSi/c1-5-13-23(14-6-1)29(27-21-30-22-28-27)31(24-15-7-2-8-16-24,25-17-9-3-10-18-25)26-19-11-4-12-20-26/h1-20,22,27H,21H2. The maximum Gasteiger partial charge on any atom is 0.254 e. The van der Waals surface area contributed by atoms with Crippen LogP contribution in [0.2, 0.25) is 0 Å². The summed E-state index contributed by atoms with van der Waals surface area (Å²) in [6, 6.07) is 43.9. The van der Waals surface area contributed by atoms with Gasteiger partial charge in [0.25, 0.3) is 8.24 Å². The molecule has 1 aliphatic heterocycles. The van der Waals surface area contributed by atoms with E-state index in [0.717, 1.165) is 5.75 Å². The van der Waals surface area contributed by atoms with Crippen LogP contribution in [0.1, 0.15) is 0 Å². The lowest BCUT2D eigenvalue weighted by Crippen LogP contribution is -2.79. The third kappa shape index (κ3) is 3.62. The first-order valence-electron chi connectivity index (χ1n) is 10.5. The fraction of sp³-hybridized carbons (Fsp3) is 0.0741. The van der Waals surface area contributed by atoms with E-state index in [0.29, 0.717) is 0 Å². The number of hydrogen-bond donors (Lipinski definition) is 0. The average Bonchev–Trinajstić information content (AvgIpc) is 3.39. The van der Waals surface area contributed by atoms with Crippen molar-refractivity contribution in [3.05, 3.63) is 121 Å². The van der Waals surface area contributed by atoms with Crippen LogP contribution in [0, 0.1) is 0 Å². The third-order valence-electron chi connectivity index (χ3n) is 5.82. The van der Waals surface area contributed by atoms with Gasteiger partial charge in [-0.25, -0.2) is 0 Å². The maximum atomic E-state index is 4.95. The molecule has 0 bridgehead atoms. The van der Waals surface area contributed by atoms with E-state index < -0.39 is 8.24 Å². The predicted molar refractivity (Wildman–Crippen MR) is 138 cm³/mol. The van der Waals surface area contributed by atoms with Crippen molar-refractivity contribution in [2.45, 2.75) is 6.17 Å². The number of anilines is 1. The molecule has 5 rings (SSSR count). The molecular formula is C27H24N2SSi. The van der Waals surface area contributed by atoms with Crippen LogP contribution in [0.5, 0.6) is 0 Å². The van der Waals surface area contributed by atoms with Gasteiger partial charge in [0, 0.05) is 11.4 Å². The van der Waals surface area contributed by atoms with E-state index in [4.69, 9.17) is 4.99 Å². The molecule has 152 valence electrons. The van der Waals surface area contributed by atoms with E-state index in [1.807, 2.05) is 5.55 Å². The molecule has 0 N–H and O–H groups in total. The molecule has 0 aliphatic carbocycles. The lowest BCUT2D eigenvalue weighted by Gasteiger charge is -2.47. The van der Waals surface area contributed by atoms with Gasteiger partial charge >= 0.3 is 0 Å². The fourth-order valence-electron chi connectivity index (χ4n) is 4.56. The van der Waals surface area contributed by atoms with Crippen molar-refractivity contribution >= 4 is 46.8 Å². The van der Waals surface area contributed by atoms with Gasteiger partial charge in [-0.15, -0.1) is 11.8 Å². The summed E-state index contributed by atoms with van der Waals surface area (Å²) in [6.07, 6.45) is 0.0830. The molecule has 0 amide bonds. The van der Waals surface area contributed by atoms with E-state index in [1.54, 1.807) is 11.8 Å². The molecule has 0 saturated heterocycles. The number of aliphatic imine (C=N–C) groups is 1. The summed E-state index contributed by atoms with van der Waals surface area (Å²) in [5.74, 6) is 0.955. The number of rotatable bonds is 6. The van der Waals surface area contributed by atoms with Gasteiger partial charge in [-0.3, -0.25) is 4.99 Å². The Labute approximate surface area is 189 Å². The first-order valence-corrected chi connectivity index (χ1v) is 13.5. The Morgan fingerprint density at radius 2 is 1.03 bits per heavy atom. The first-order chi connectivity index (χ1) is 15.4. The highest BCUT2D eigenvalue weighted by Crippen LogP contribution is 2.29. The number of hydrogen-bond acceptors (Lipinski definition) is 3. The molecule has 4 aromatic carbocycles. The van der Waals surface area contributed by atoms with E-state index in [-0.39, 0.29) is 6.17 Å². The summed E-state index contributed by atoms with van der Waals surface area (Å²) >= 11 is 1.80. The molecular weight excluding hydrogens is 412 g/mol. The van der Waals surface area contributed by atoms with Crippen molar-refractivity contribution in [2.75, 3.05) is 10.3 Å². The van der Waals surface area contributed by atoms with Gasteiger partial charge in [-0.1, -0.05) is 109 Å². The van der Waals surface area contributed by atoms with Crippen LogP contribution in [0.4, 0.5) is 5.69 Å². The van der Waals surface area contributed by atoms with Crippen LogP contribution in [0.25, 0.3) is 0 Å². The number of benzene rings is 4. The molecule has 1 heterocycles. The molecule has 0 radical (unpaired) electrons. The highest BCUT2D eigenvalue weighted by molar-refractivity contribution is 8.12. The van der Waals surface area contributed by atoms with E-state index >= 15 is 0 Å².